The first-order valence-electron chi connectivity index (χ1n) is 5.29. The van der Waals surface area contributed by atoms with Crippen LogP contribution in [0.4, 0.5) is 5.82 Å². The Morgan fingerprint density at radius 1 is 1.40 bits per heavy atom. The van der Waals surface area contributed by atoms with E-state index in [0.717, 1.165) is 18.4 Å². The van der Waals surface area contributed by atoms with Crippen molar-refractivity contribution in [2.24, 2.45) is 5.41 Å². The number of pyridine rings is 1. The number of nitrogens with two attached hydrogens (primary N) is 1. The maximum atomic E-state index is 6.06. The van der Waals surface area contributed by atoms with Gasteiger partial charge in [-0.2, -0.15) is 0 Å². The molecule has 0 aromatic carbocycles. The molecule has 0 saturated heterocycles. The molecule has 0 radical (unpaired) electrons. The number of nitrogen functional groups attached to an aromatic ring is 1. The molecule has 0 amide bonds. The van der Waals surface area contributed by atoms with E-state index in [4.69, 9.17) is 17.3 Å². The second-order valence-corrected chi connectivity index (χ2v) is 5.46. The van der Waals surface area contributed by atoms with E-state index in [0.29, 0.717) is 16.3 Å². The van der Waals surface area contributed by atoms with Crippen LogP contribution in [0.25, 0.3) is 0 Å². The summed E-state index contributed by atoms with van der Waals surface area (Å²) in [5.74, 6) is 0.435. The number of halogens is 1. The lowest BCUT2D eigenvalue weighted by Gasteiger charge is -2.17. The zero-order valence-corrected chi connectivity index (χ0v) is 10.4. The van der Waals surface area contributed by atoms with Crippen LogP contribution in [0.5, 0.6) is 0 Å². The normalized spacial score (nSPS) is 11.7. The summed E-state index contributed by atoms with van der Waals surface area (Å²) in [5, 5.41) is 0.617. The molecule has 0 fully saturated rings. The van der Waals surface area contributed by atoms with E-state index in [-0.39, 0.29) is 0 Å². The SMILES string of the molecule is CC(C)(C)CCCc1ccnc(N)c1Cl. The highest BCUT2D eigenvalue weighted by molar-refractivity contribution is 6.33. The Labute approximate surface area is 96.8 Å². The monoisotopic (exact) mass is 226 g/mol. The Kier molecular flexibility index (Phi) is 3.97. The number of aromatic nitrogens is 1. The average molecular weight is 227 g/mol. The Morgan fingerprint density at radius 3 is 2.67 bits per heavy atom. The van der Waals surface area contributed by atoms with Gasteiger partial charge in [0.25, 0.3) is 0 Å². The van der Waals surface area contributed by atoms with Crippen LogP contribution in [-0.4, -0.2) is 4.98 Å². The van der Waals surface area contributed by atoms with Crippen molar-refractivity contribution in [3.05, 3.63) is 22.8 Å². The minimum Gasteiger partial charge on any atom is -0.382 e. The molecule has 1 heterocycles. The standard InChI is InChI=1S/C12H19ClN2/c1-12(2,3)7-4-5-9-6-8-15-11(14)10(9)13/h6,8H,4-5,7H2,1-3H3,(H2,14,15). The molecule has 0 unspecified atom stereocenters. The van der Waals surface area contributed by atoms with Crippen LogP contribution >= 0.6 is 11.6 Å². The summed E-state index contributed by atoms with van der Waals surface area (Å²) in [4.78, 5) is 3.94. The van der Waals surface area contributed by atoms with Gasteiger partial charge in [-0.15, -0.1) is 0 Å². The van der Waals surface area contributed by atoms with Crippen molar-refractivity contribution in [1.29, 1.82) is 0 Å². The molecule has 1 rings (SSSR count). The summed E-state index contributed by atoms with van der Waals surface area (Å²) in [5.41, 5.74) is 7.12. The van der Waals surface area contributed by atoms with Gasteiger partial charge in [0.1, 0.15) is 5.82 Å². The number of aryl methyl sites for hydroxylation is 1. The minimum atomic E-state index is 0.380. The maximum absolute atomic E-state index is 6.06. The average Bonchev–Trinajstić information content (AvgIpc) is 2.10. The van der Waals surface area contributed by atoms with Gasteiger partial charge >= 0.3 is 0 Å². The van der Waals surface area contributed by atoms with Crippen LogP contribution in [0, 0.1) is 5.41 Å². The first kappa shape index (κ1) is 12.3. The first-order valence-corrected chi connectivity index (χ1v) is 5.67. The number of anilines is 1. The molecule has 1 aromatic heterocycles. The van der Waals surface area contributed by atoms with Gasteiger partial charge in [-0.25, -0.2) is 4.98 Å². The highest BCUT2D eigenvalue weighted by Gasteiger charge is 2.10. The fourth-order valence-electron chi connectivity index (χ4n) is 1.50. The molecule has 15 heavy (non-hydrogen) atoms. The first-order chi connectivity index (χ1) is 6.90. The molecule has 2 nitrogen and oxygen atoms in total. The lowest BCUT2D eigenvalue weighted by atomic mass is 9.89. The van der Waals surface area contributed by atoms with Gasteiger partial charge in [0, 0.05) is 6.20 Å². The van der Waals surface area contributed by atoms with E-state index in [1.807, 2.05) is 6.07 Å². The highest BCUT2D eigenvalue weighted by Crippen LogP contribution is 2.26. The van der Waals surface area contributed by atoms with Crippen molar-refractivity contribution in [2.75, 3.05) is 5.73 Å². The van der Waals surface area contributed by atoms with E-state index in [1.165, 1.54) is 6.42 Å². The van der Waals surface area contributed by atoms with Crippen molar-refractivity contribution in [2.45, 2.75) is 40.0 Å². The minimum absolute atomic E-state index is 0.380. The van der Waals surface area contributed by atoms with Crippen LogP contribution in [0.1, 0.15) is 39.2 Å². The van der Waals surface area contributed by atoms with Crippen LogP contribution in [0.15, 0.2) is 12.3 Å². The number of nitrogens with zero attached hydrogens (tertiary/aromatic N) is 1. The quantitative estimate of drug-likeness (QED) is 0.854. The van der Waals surface area contributed by atoms with Crippen LogP contribution in [0.2, 0.25) is 5.02 Å². The summed E-state index contributed by atoms with van der Waals surface area (Å²) < 4.78 is 0. The van der Waals surface area contributed by atoms with Crippen LogP contribution < -0.4 is 5.73 Å². The van der Waals surface area contributed by atoms with Crippen molar-refractivity contribution in [3.8, 4) is 0 Å². The van der Waals surface area contributed by atoms with E-state index < -0.39 is 0 Å². The van der Waals surface area contributed by atoms with E-state index >= 15 is 0 Å². The van der Waals surface area contributed by atoms with Crippen LogP contribution in [-0.2, 0) is 6.42 Å². The largest absolute Gasteiger partial charge is 0.382 e. The molecule has 0 aliphatic carbocycles. The van der Waals surface area contributed by atoms with E-state index in [9.17, 15) is 0 Å². The Bertz CT molecular complexity index is 329. The van der Waals surface area contributed by atoms with Gasteiger partial charge < -0.3 is 5.73 Å². The van der Waals surface area contributed by atoms with E-state index in [1.54, 1.807) is 6.20 Å². The topological polar surface area (TPSA) is 38.9 Å². The molecule has 1 aromatic rings. The number of rotatable bonds is 3. The molecular weight excluding hydrogens is 208 g/mol. The molecule has 0 aliphatic heterocycles. The molecule has 3 heteroatoms. The van der Waals surface area contributed by atoms with Gasteiger partial charge in [-0.05, 0) is 36.3 Å². The number of hydrogen-bond donors (Lipinski definition) is 1. The van der Waals surface area contributed by atoms with Crippen molar-refractivity contribution >= 4 is 17.4 Å². The summed E-state index contributed by atoms with van der Waals surface area (Å²) in [6, 6.07) is 1.95. The van der Waals surface area contributed by atoms with Gasteiger partial charge in [0.05, 0.1) is 5.02 Å². The lowest BCUT2D eigenvalue weighted by Crippen LogP contribution is -2.05. The Morgan fingerprint density at radius 2 is 2.07 bits per heavy atom. The summed E-state index contributed by atoms with van der Waals surface area (Å²) in [6.07, 6.45) is 5.01. The molecular formula is C12H19ClN2. The smallest absolute Gasteiger partial charge is 0.142 e. The third-order valence-electron chi connectivity index (χ3n) is 2.37. The second kappa shape index (κ2) is 4.84. The Hall–Kier alpha value is -0.760. The lowest BCUT2D eigenvalue weighted by molar-refractivity contribution is 0.365. The van der Waals surface area contributed by atoms with Gasteiger partial charge in [-0.3, -0.25) is 0 Å². The fourth-order valence-corrected chi connectivity index (χ4v) is 1.71. The molecule has 0 saturated carbocycles. The molecule has 0 bridgehead atoms. The summed E-state index contributed by atoms with van der Waals surface area (Å²) in [7, 11) is 0. The molecule has 0 atom stereocenters. The van der Waals surface area contributed by atoms with Crippen molar-refractivity contribution in [1.82, 2.24) is 4.98 Å². The third kappa shape index (κ3) is 4.08. The van der Waals surface area contributed by atoms with Gasteiger partial charge in [0.2, 0.25) is 0 Å². The van der Waals surface area contributed by atoms with Crippen LogP contribution in [0.3, 0.4) is 0 Å². The summed E-state index contributed by atoms with van der Waals surface area (Å²) in [6.45, 7) is 6.74. The van der Waals surface area contributed by atoms with Crippen molar-refractivity contribution in [3.63, 3.8) is 0 Å². The predicted molar refractivity (Wildman–Crippen MR) is 66.1 cm³/mol. The van der Waals surface area contributed by atoms with E-state index in [2.05, 4.69) is 25.8 Å². The Balaban J connectivity index is 2.55. The molecule has 0 aliphatic rings. The maximum Gasteiger partial charge on any atom is 0.142 e. The van der Waals surface area contributed by atoms with Gasteiger partial charge in [0.15, 0.2) is 0 Å². The summed E-state index contributed by atoms with van der Waals surface area (Å²) >= 11 is 6.06. The zero-order valence-electron chi connectivity index (χ0n) is 9.68. The third-order valence-corrected chi connectivity index (χ3v) is 2.81. The highest BCUT2D eigenvalue weighted by atomic mass is 35.5. The predicted octanol–water partition coefficient (Wildman–Crippen LogP) is 3.69. The fraction of sp³-hybridized carbons (Fsp3) is 0.583. The van der Waals surface area contributed by atoms with Crippen molar-refractivity contribution < 1.29 is 0 Å². The molecule has 0 spiro atoms. The zero-order chi connectivity index (χ0) is 11.5. The molecule has 84 valence electrons. The second-order valence-electron chi connectivity index (χ2n) is 5.08. The van der Waals surface area contributed by atoms with Gasteiger partial charge in [-0.1, -0.05) is 32.4 Å². The molecule has 2 N–H and O–H groups in total. The number of hydrogen-bond acceptors (Lipinski definition) is 2.